The lowest BCUT2D eigenvalue weighted by molar-refractivity contribution is 0.0537. The first-order chi connectivity index (χ1) is 12.4. The van der Waals surface area contributed by atoms with Gasteiger partial charge in [-0.2, -0.15) is 0 Å². The fourth-order valence-electron chi connectivity index (χ4n) is 4.28. The molecule has 0 heterocycles. The molecule has 0 amide bonds. The molecular formula is C23H30O3. The maximum absolute atomic E-state index is 12.3. The summed E-state index contributed by atoms with van der Waals surface area (Å²) in [7, 11) is 1.61. The molecule has 2 aliphatic rings. The quantitative estimate of drug-likeness (QED) is 0.501. The molecule has 0 aromatic heterocycles. The van der Waals surface area contributed by atoms with Crippen molar-refractivity contribution >= 4 is 5.97 Å². The number of allylic oxidation sites excluding steroid dienone is 3. The van der Waals surface area contributed by atoms with Gasteiger partial charge in [0, 0.05) is 0 Å². The minimum atomic E-state index is -0.272. The Morgan fingerprint density at radius 2 is 1.88 bits per heavy atom. The Morgan fingerprint density at radius 1 is 1.15 bits per heavy atom. The van der Waals surface area contributed by atoms with Crippen molar-refractivity contribution < 1.29 is 14.3 Å². The van der Waals surface area contributed by atoms with Crippen LogP contribution in [0.2, 0.25) is 0 Å². The van der Waals surface area contributed by atoms with Gasteiger partial charge in [-0.3, -0.25) is 0 Å². The van der Waals surface area contributed by atoms with Crippen molar-refractivity contribution in [3.63, 3.8) is 0 Å². The van der Waals surface area contributed by atoms with Gasteiger partial charge in [0.2, 0.25) is 0 Å². The van der Waals surface area contributed by atoms with Crippen LogP contribution < -0.4 is 4.74 Å². The van der Waals surface area contributed by atoms with Crippen LogP contribution in [0.1, 0.15) is 63.2 Å². The zero-order valence-electron chi connectivity index (χ0n) is 16.4. The summed E-state index contributed by atoms with van der Waals surface area (Å²) in [5.41, 5.74) is 5.45. The fraction of sp³-hybridized carbons (Fsp3) is 0.522. The van der Waals surface area contributed by atoms with Gasteiger partial charge in [-0.05, 0) is 73.3 Å². The van der Waals surface area contributed by atoms with E-state index in [1.54, 1.807) is 42.5 Å². The third-order valence-electron chi connectivity index (χ3n) is 6.01. The molecule has 2 aliphatic carbocycles. The van der Waals surface area contributed by atoms with E-state index in [-0.39, 0.29) is 5.97 Å². The van der Waals surface area contributed by atoms with E-state index in [0.717, 1.165) is 25.0 Å². The van der Waals surface area contributed by atoms with Gasteiger partial charge in [-0.15, -0.1) is 0 Å². The van der Waals surface area contributed by atoms with Gasteiger partial charge in [0.1, 0.15) is 12.4 Å². The summed E-state index contributed by atoms with van der Waals surface area (Å²) in [6.45, 7) is 7.42. The molecule has 1 aromatic carbocycles. The molecule has 0 aliphatic heterocycles. The zero-order valence-corrected chi connectivity index (χ0v) is 16.4. The van der Waals surface area contributed by atoms with Crippen LogP contribution in [0.15, 0.2) is 47.1 Å². The Hall–Kier alpha value is -2.03. The van der Waals surface area contributed by atoms with Crippen LogP contribution in [0, 0.1) is 11.3 Å². The van der Waals surface area contributed by atoms with Gasteiger partial charge in [-0.25, -0.2) is 4.79 Å². The number of hydrogen-bond donors (Lipinski definition) is 0. The van der Waals surface area contributed by atoms with Crippen LogP contribution >= 0.6 is 0 Å². The number of esters is 1. The van der Waals surface area contributed by atoms with Gasteiger partial charge >= 0.3 is 5.97 Å². The minimum Gasteiger partial charge on any atom is -0.497 e. The predicted octanol–water partition coefficient (Wildman–Crippen LogP) is 5.72. The maximum atomic E-state index is 12.3. The van der Waals surface area contributed by atoms with E-state index < -0.39 is 0 Å². The van der Waals surface area contributed by atoms with Gasteiger partial charge in [0.25, 0.3) is 0 Å². The van der Waals surface area contributed by atoms with Gasteiger partial charge in [0.05, 0.1) is 12.7 Å². The maximum Gasteiger partial charge on any atom is 0.338 e. The second-order valence-electron chi connectivity index (χ2n) is 8.09. The molecule has 0 saturated carbocycles. The monoisotopic (exact) mass is 354 g/mol. The Kier molecular flexibility index (Phi) is 5.55. The second-order valence-corrected chi connectivity index (χ2v) is 8.09. The lowest BCUT2D eigenvalue weighted by Gasteiger charge is -2.26. The Balaban J connectivity index is 1.62. The summed E-state index contributed by atoms with van der Waals surface area (Å²) in [6.07, 6.45) is 7.99. The molecule has 0 spiro atoms. The molecule has 0 radical (unpaired) electrons. The van der Waals surface area contributed by atoms with Crippen LogP contribution in [-0.2, 0) is 4.74 Å². The van der Waals surface area contributed by atoms with Crippen LogP contribution in [-0.4, -0.2) is 19.7 Å². The highest BCUT2D eigenvalue weighted by atomic mass is 16.5. The summed E-state index contributed by atoms with van der Waals surface area (Å²) < 4.78 is 10.7. The molecule has 26 heavy (non-hydrogen) atoms. The van der Waals surface area contributed by atoms with Crippen molar-refractivity contribution in [2.24, 2.45) is 11.3 Å². The molecule has 3 heteroatoms. The highest BCUT2D eigenvalue weighted by Gasteiger charge is 2.37. The largest absolute Gasteiger partial charge is 0.497 e. The lowest BCUT2D eigenvalue weighted by Crippen LogP contribution is -2.14. The first-order valence-corrected chi connectivity index (χ1v) is 9.64. The Morgan fingerprint density at radius 3 is 2.54 bits per heavy atom. The number of ether oxygens (including phenoxy) is 2. The van der Waals surface area contributed by atoms with E-state index in [0.29, 0.717) is 23.5 Å². The zero-order chi connectivity index (χ0) is 18.7. The topological polar surface area (TPSA) is 35.5 Å². The van der Waals surface area contributed by atoms with Crippen LogP contribution in [0.3, 0.4) is 0 Å². The van der Waals surface area contributed by atoms with Gasteiger partial charge < -0.3 is 9.47 Å². The summed E-state index contributed by atoms with van der Waals surface area (Å²) in [4.78, 5) is 12.3. The molecule has 0 fully saturated rings. The molecule has 0 saturated heterocycles. The van der Waals surface area contributed by atoms with E-state index in [4.69, 9.17) is 9.47 Å². The van der Waals surface area contributed by atoms with Crippen molar-refractivity contribution in [1.82, 2.24) is 0 Å². The molecule has 1 unspecified atom stereocenters. The first-order valence-electron chi connectivity index (χ1n) is 9.64. The minimum absolute atomic E-state index is 0.272. The number of carbonyl (C=O) groups excluding carboxylic acids is 1. The molecule has 3 nitrogen and oxygen atoms in total. The highest BCUT2D eigenvalue weighted by molar-refractivity contribution is 5.89. The Bertz CT molecular complexity index is 724. The lowest BCUT2D eigenvalue weighted by atomic mass is 9.79. The first kappa shape index (κ1) is 18.8. The highest BCUT2D eigenvalue weighted by Crippen LogP contribution is 2.51. The molecule has 1 atom stereocenters. The third-order valence-corrected chi connectivity index (χ3v) is 6.01. The van der Waals surface area contributed by atoms with Crippen LogP contribution in [0.4, 0.5) is 0 Å². The summed E-state index contributed by atoms with van der Waals surface area (Å²) in [5, 5.41) is 0. The summed E-state index contributed by atoms with van der Waals surface area (Å²) in [5.74, 6) is 1.11. The van der Waals surface area contributed by atoms with E-state index in [1.807, 2.05) is 0 Å². The predicted molar refractivity (Wildman–Crippen MR) is 104 cm³/mol. The third kappa shape index (κ3) is 3.87. The van der Waals surface area contributed by atoms with Crippen LogP contribution in [0.25, 0.3) is 0 Å². The second kappa shape index (κ2) is 7.69. The number of hydrogen-bond acceptors (Lipinski definition) is 3. The standard InChI is InChI=1S/C23H30O3/c1-16(2)20-12-14-23(3)13-11-17(5-10-21(20)23)15-26-22(24)18-6-8-19(25-4)9-7-18/h6-9,11,16H,5,10,12-15H2,1-4H3. The fourth-order valence-corrected chi connectivity index (χ4v) is 4.28. The molecule has 0 bridgehead atoms. The van der Waals surface area contributed by atoms with Crippen molar-refractivity contribution in [2.45, 2.75) is 52.9 Å². The van der Waals surface area contributed by atoms with Crippen LogP contribution in [0.5, 0.6) is 5.75 Å². The van der Waals surface area contributed by atoms with E-state index in [9.17, 15) is 4.79 Å². The van der Waals surface area contributed by atoms with E-state index >= 15 is 0 Å². The van der Waals surface area contributed by atoms with Gasteiger partial charge in [-0.1, -0.05) is 38.0 Å². The number of methoxy groups -OCH3 is 1. The SMILES string of the molecule is COc1ccc(C(=O)OCC2=CCC3(C)CCC(C(C)C)=C3CC2)cc1. The molecular weight excluding hydrogens is 324 g/mol. The average molecular weight is 354 g/mol. The van der Waals surface area contributed by atoms with Crippen molar-refractivity contribution in [3.05, 3.63) is 52.6 Å². The summed E-state index contributed by atoms with van der Waals surface area (Å²) >= 11 is 0. The Labute approximate surface area is 157 Å². The number of benzene rings is 1. The van der Waals surface area contributed by atoms with Crippen molar-refractivity contribution in [3.8, 4) is 5.75 Å². The molecule has 3 rings (SSSR count). The molecule has 0 N–H and O–H groups in total. The normalized spacial score (nSPS) is 22.7. The average Bonchev–Trinajstić information content (AvgIpc) is 2.89. The number of carbonyl (C=O) groups is 1. The summed E-state index contributed by atoms with van der Waals surface area (Å²) in [6, 6.07) is 7.05. The number of rotatable bonds is 5. The van der Waals surface area contributed by atoms with E-state index in [2.05, 4.69) is 26.8 Å². The van der Waals surface area contributed by atoms with Crippen molar-refractivity contribution in [2.75, 3.05) is 13.7 Å². The van der Waals surface area contributed by atoms with Gasteiger partial charge in [0.15, 0.2) is 0 Å². The smallest absolute Gasteiger partial charge is 0.338 e. The number of fused-ring (bicyclic) bond motifs is 1. The van der Waals surface area contributed by atoms with E-state index in [1.165, 1.54) is 18.4 Å². The van der Waals surface area contributed by atoms with Crippen molar-refractivity contribution in [1.29, 1.82) is 0 Å². The molecule has 1 aromatic rings. The molecule has 140 valence electrons.